The Bertz CT molecular complexity index is 794. The summed E-state index contributed by atoms with van der Waals surface area (Å²) in [7, 11) is 0. The maximum Gasteiger partial charge on any atom is 0.246 e. The number of hydrogen-bond acceptors (Lipinski definition) is 3. The van der Waals surface area contributed by atoms with Crippen LogP contribution in [0.1, 0.15) is 78.7 Å². The minimum atomic E-state index is 0.00368. The zero-order chi connectivity index (χ0) is 22.6. The van der Waals surface area contributed by atoms with Crippen LogP contribution >= 0.6 is 0 Å². The number of carbonyl (C=O) groups is 2. The highest BCUT2D eigenvalue weighted by Crippen LogP contribution is 2.32. The number of carbonyl (C=O) groups excluding carboxylic acids is 2. The molecule has 2 aliphatic heterocycles. The van der Waals surface area contributed by atoms with Gasteiger partial charge in [-0.2, -0.15) is 0 Å². The van der Waals surface area contributed by atoms with E-state index >= 15 is 0 Å². The molecule has 0 atom stereocenters. The van der Waals surface area contributed by atoms with Crippen molar-refractivity contribution >= 4 is 23.6 Å². The van der Waals surface area contributed by atoms with Gasteiger partial charge in [-0.15, -0.1) is 0 Å². The van der Waals surface area contributed by atoms with Crippen molar-refractivity contribution in [3.63, 3.8) is 0 Å². The lowest BCUT2D eigenvalue weighted by Crippen LogP contribution is -2.62. The van der Waals surface area contributed by atoms with E-state index in [9.17, 15) is 9.59 Å². The number of anilines is 1. The number of rotatable bonds is 7. The van der Waals surface area contributed by atoms with Gasteiger partial charge in [-0.05, 0) is 77.2 Å². The summed E-state index contributed by atoms with van der Waals surface area (Å²) in [5.74, 6) is 0.281. The van der Waals surface area contributed by atoms with Gasteiger partial charge in [-0.1, -0.05) is 25.5 Å². The molecule has 1 N–H and O–H groups in total. The topological polar surface area (TPSA) is 52.7 Å². The first-order valence-electron chi connectivity index (χ1n) is 11.8. The molecule has 0 saturated carbocycles. The molecule has 170 valence electrons. The van der Waals surface area contributed by atoms with Crippen molar-refractivity contribution in [2.24, 2.45) is 0 Å². The largest absolute Gasteiger partial charge is 0.336 e. The van der Waals surface area contributed by atoms with Crippen LogP contribution in [-0.4, -0.2) is 46.9 Å². The fourth-order valence-corrected chi connectivity index (χ4v) is 5.24. The monoisotopic (exact) mass is 425 g/mol. The SMILES string of the molecule is CCCCN(C(=O)/C=C/c1ccc(N2CCCC2=O)cc1)C1CC(C)(C)NC(C)(C)C1. The van der Waals surface area contributed by atoms with E-state index in [1.807, 2.05) is 35.2 Å². The van der Waals surface area contributed by atoms with E-state index in [1.54, 1.807) is 6.08 Å². The first kappa shape index (κ1) is 23.5. The Morgan fingerprint density at radius 2 is 1.81 bits per heavy atom. The summed E-state index contributed by atoms with van der Waals surface area (Å²) in [6.07, 6.45) is 9.17. The Morgan fingerprint density at radius 3 is 2.35 bits per heavy atom. The van der Waals surface area contributed by atoms with Crippen LogP contribution in [0.25, 0.3) is 6.08 Å². The van der Waals surface area contributed by atoms with Crippen LogP contribution in [0, 0.1) is 0 Å². The van der Waals surface area contributed by atoms with Crippen LogP contribution in [0.4, 0.5) is 5.69 Å². The molecular formula is C26H39N3O2. The van der Waals surface area contributed by atoms with Gasteiger partial charge in [0, 0.05) is 48.4 Å². The van der Waals surface area contributed by atoms with Crippen LogP contribution in [0.5, 0.6) is 0 Å². The van der Waals surface area contributed by atoms with Crippen LogP contribution in [0.2, 0.25) is 0 Å². The lowest BCUT2D eigenvalue weighted by molar-refractivity contribution is -0.130. The van der Waals surface area contributed by atoms with Crippen molar-refractivity contribution in [3.8, 4) is 0 Å². The average molecular weight is 426 g/mol. The molecule has 5 heteroatoms. The molecule has 2 saturated heterocycles. The van der Waals surface area contributed by atoms with E-state index < -0.39 is 0 Å². The quantitative estimate of drug-likeness (QED) is 0.641. The van der Waals surface area contributed by atoms with Crippen molar-refractivity contribution in [2.75, 3.05) is 18.0 Å². The molecular weight excluding hydrogens is 386 g/mol. The van der Waals surface area contributed by atoms with Gasteiger partial charge < -0.3 is 15.1 Å². The Kier molecular flexibility index (Phi) is 7.25. The summed E-state index contributed by atoms with van der Waals surface area (Å²) in [4.78, 5) is 29.1. The van der Waals surface area contributed by atoms with Crippen LogP contribution in [0.15, 0.2) is 30.3 Å². The van der Waals surface area contributed by atoms with Crippen molar-refractivity contribution in [1.29, 1.82) is 0 Å². The lowest BCUT2D eigenvalue weighted by Gasteiger charge is -2.49. The second-order valence-electron chi connectivity index (χ2n) is 10.4. The fraction of sp³-hybridized carbons (Fsp3) is 0.615. The maximum atomic E-state index is 13.2. The minimum absolute atomic E-state index is 0.00368. The van der Waals surface area contributed by atoms with Crippen molar-refractivity contribution in [3.05, 3.63) is 35.9 Å². The normalized spacial score (nSPS) is 21.1. The third-order valence-corrected chi connectivity index (χ3v) is 6.34. The van der Waals surface area contributed by atoms with Gasteiger partial charge in [0.1, 0.15) is 0 Å². The molecule has 0 aliphatic carbocycles. The van der Waals surface area contributed by atoms with Crippen molar-refractivity contribution < 1.29 is 9.59 Å². The lowest BCUT2D eigenvalue weighted by atomic mass is 9.79. The predicted molar refractivity (Wildman–Crippen MR) is 128 cm³/mol. The molecule has 1 aromatic rings. The highest BCUT2D eigenvalue weighted by Gasteiger charge is 2.40. The minimum Gasteiger partial charge on any atom is -0.336 e. The molecule has 5 nitrogen and oxygen atoms in total. The first-order valence-corrected chi connectivity index (χ1v) is 11.8. The van der Waals surface area contributed by atoms with Gasteiger partial charge in [0.15, 0.2) is 0 Å². The number of amides is 2. The van der Waals surface area contributed by atoms with Gasteiger partial charge in [0.05, 0.1) is 0 Å². The van der Waals surface area contributed by atoms with Gasteiger partial charge >= 0.3 is 0 Å². The van der Waals surface area contributed by atoms with Gasteiger partial charge in [0.25, 0.3) is 0 Å². The number of piperidine rings is 1. The Morgan fingerprint density at radius 1 is 1.16 bits per heavy atom. The summed E-state index contributed by atoms with van der Waals surface area (Å²) in [6, 6.07) is 8.15. The summed E-state index contributed by atoms with van der Waals surface area (Å²) in [6.45, 7) is 12.7. The summed E-state index contributed by atoms with van der Waals surface area (Å²) in [5.41, 5.74) is 1.92. The Balaban J connectivity index is 1.71. The van der Waals surface area contributed by atoms with Crippen LogP contribution in [0.3, 0.4) is 0 Å². The molecule has 2 amide bonds. The van der Waals surface area contributed by atoms with Gasteiger partial charge in [-0.3, -0.25) is 9.59 Å². The molecule has 1 aromatic carbocycles. The van der Waals surface area contributed by atoms with E-state index in [-0.39, 0.29) is 28.9 Å². The molecule has 0 spiro atoms. The standard InChI is InChI=1S/C26H39N3O2/c1-6-7-16-29(22-18-25(2,3)27-26(4,5)19-22)24(31)15-12-20-10-13-21(14-11-20)28-17-8-9-23(28)30/h10-15,22,27H,6-9,16-19H2,1-5H3/b15-12+. The molecule has 0 unspecified atom stereocenters. The zero-order valence-electron chi connectivity index (χ0n) is 19.9. The summed E-state index contributed by atoms with van der Waals surface area (Å²) < 4.78 is 0. The second kappa shape index (κ2) is 9.56. The third kappa shape index (κ3) is 6.19. The highest BCUT2D eigenvalue weighted by molar-refractivity contribution is 5.95. The van der Waals surface area contributed by atoms with E-state index in [0.717, 1.165) is 56.4 Å². The number of benzene rings is 1. The van der Waals surface area contributed by atoms with E-state index in [2.05, 4.69) is 44.8 Å². The molecule has 31 heavy (non-hydrogen) atoms. The van der Waals surface area contributed by atoms with E-state index in [1.165, 1.54) is 0 Å². The molecule has 0 aromatic heterocycles. The average Bonchev–Trinajstić information content (AvgIpc) is 3.10. The molecule has 0 bridgehead atoms. The predicted octanol–water partition coefficient (Wildman–Crippen LogP) is 4.76. The second-order valence-corrected chi connectivity index (χ2v) is 10.4. The Hall–Kier alpha value is -2.14. The third-order valence-electron chi connectivity index (χ3n) is 6.34. The smallest absolute Gasteiger partial charge is 0.246 e. The number of nitrogens with zero attached hydrogens (tertiary/aromatic N) is 2. The van der Waals surface area contributed by atoms with Gasteiger partial charge in [0.2, 0.25) is 11.8 Å². The van der Waals surface area contributed by atoms with Gasteiger partial charge in [-0.25, -0.2) is 0 Å². The molecule has 3 rings (SSSR count). The zero-order valence-corrected chi connectivity index (χ0v) is 19.9. The van der Waals surface area contributed by atoms with E-state index in [4.69, 9.17) is 0 Å². The maximum absolute atomic E-state index is 13.2. The van der Waals surface area contributed by atoms with E-state index in [0.29, 0.717) is 6.42 Å². The number of unbranched alkanes of at least 4 members (excludes halogenated alkanes) is 1. The fourth-order valence-electron chi connectivity index (χ4n) is 5.24. The molecule has 2 fully saturated rings. The van der Waals surface area contributed by atoms with Crippen molar-refractivity contribution in [1.82, 2.24) is 10.2 Å². The molecule has 0 radical (unpaired) electrons. The molecule has 2 aliphatic rings. The summed E-state index contributed by atoms with van der Waals surface area (Å²) >= 11 is 0. The Labute approximate surface area is 187 Å². The van der Waals surface area contributed by atoms with Crippen LogP contribution < -0.4 is 10.2 Å². The number of hydrogen-bond donors (Lipinski definition) is 1. The first-order chi connectivity index (χ1) is 14.6. The van der Waals surface area contributed by atoms with Crippen molar-refractivity contribution in [2.45, 2.75) is 90.3 Å². The van der Waals surface area contributed by atoms with Crippen LogP contribution in [-0.2, 0) is 9.59 Å². The molecule has 2 heterocycles. The number of nitrogens with one attached hydrogen (secondary N) is 1. The summed E-state index contributed by atoms with van der Waals surface area (Å²) in [5, 5.41) is 3.72. The highest BCUT2D eigenvalue weighted by atomic mass is 16.2.